The summed E-state index contributed by atoms with van der Waals surface area (Å²) in [6.45, 7) is 0.400. The Morgan fingerprint density at radius 2 is 1.87 bits per heavy atom. The third-order valence-electron chi connectivity index (χ3n) is 5.67. The number of carbonyl (C=O) groups excluding carboxylic acids is 3. The summed E-state index contributed by atoms with van der Waals surface area (Å²) in [5.74, 6) is -0.740. The molecule has 1 saturated heterocycles. The number of nitrogens with one attached hydrogen (secondary N) is 2. The number of rotatable bonds is 3. The monoisotopic (exact) mass is 451 g/mol. The Morgan fingerprint density at radius 1 is 1.10 bits per heavy atom. The summed E-state index contributed by atoms with van der Waals surface area (Å²) in [5.41, 5.74) is 2.70. The van der Waals surface area contributed by atoms with Gasteiger partial charge in [-0.05, 0) is 53.3 Å². The minimum absolute atomic E-state index is 0.220. The molecule has 0 aliphatic carbocycles. The van der Waals surface area contributed by atoms with Gasteiger partial charge >= 0.3 is 0 Å². The summed E-state index contributed by atoms with van der Waals surface area (Å²) in [6, 6.07) is 15.1. The molecule has 3 heterocycles. The molecule has 156 valence electrons. The molecule has 3 aromatic rings. The number of nitrogens with zero attached hydrogens (tertiary/aromatic N) is 1. The van der Waals surface area contributed by atoms with E-state index in [1.807, 2.05) is 23.6 Å². The molecule has 1 aromatic heterocycles. The van der Waals surface area contributed by atoms with Crippen molar-refractivity contribution in [2.75, 3.05) is 11.9 Å². The first kappa shape index (κ1) is 19.8. The van der Waals surface area contributed by atoms with E-state index in [4.69, 9.17) is 11.6 Å². The van der Waals surface area contributed by atoms with E-state index in [9.17, 15) is 14.4 Å². The van der Waals surface area contributed by atoms with Crippen LogP contribution in [0.4, 0.5) is 5.69 Å². The summed E-state index contributed by atoms with van der Waals surface area (Å²) < 4.78 is 0. The summed E-state index contributed by atoms with van der Waals surface area (Å²) in [7, 11) is 0. The average Bonchev–Trinajstić information content (AvgIpc) is 3.42. The van der Waals surface area contributed by atoms with Crippen LogP contribution in [0.5, 0.6) is 0 Å². The second-order valence-electron chi connectivity index (χ2n) is 7.55. The van der Waals surface area contributed by atoms with Crippen molar-refractivity contribution in [3.8, 4) is 11.1 Å². The van der Waals surface area contributed by atoms with Crippen LogP contribution in [-0.2, 0) is 4.79 Å². The molecule has 0 spiro atoms. The number of thiophene rings is 1. The Hall–Kier alpha value is -3.16. The maximum Gasteiger partial charge on any atom is 0.261 e. The van der Waals surface area contributed by atoms with E-state index in [2.05, 4.69) is 10.6 Å². The predicted octanol–water partition coefficient (Wildman–Crippen LogP) is 4.03. The van der Waals surface area contributed by atoms with E-state index in [0.29, 0.717) is 34.1 Å². The van der Waals surface area contributed by atoms with Crippen molar-refractivity contribution in [2.24, 2.45) is 0 Å². The van der Waals surface area contributed by atoms with Crippen LogP contribution in [0.3, 0.4) is 0 Å². The molecule has 0 bridgehead atoms. The highest BCUT2D eigenvalue weighted by molar-refractivity contribution is 7.12. The van der Waals surface area contributed by atoms with Gasteiger partial charge in [0.05, 0.1) is 22.2 Å². The average molecular weight is 452 g/mol. The Balaban J connectivity index is 1.44. The van der Waals surface area contributed by atoms with E-state index in [1.165, 1.54) is 11.3 Å². The smallest absolute Gasteiger partial charge is 0.261 e. The number of hydrogen-bond acceptors (Lipinski definition) is 4. The van der Waals surface area contributed by atoms with Crippen LogP contribution in [-0.4, -0.2) is 41.2 Å². The number of halogens is 1. The van der Waals surface area contributed by atoms with Gasteiger partial charge in [0.1, 0.15) is 6.04 Å². The molecular weight excluding hydrogens is 434 g/mol. The van der Waals surface area contributed by atoms with Crippen LogP contribution in [0.1, 0.15) is 26.5 Å². The van der Waals surface area contributed by atoms with Crippen molar-refractivity contribution in [1.82, 2.24) is 10.2 Å². The number of amides is 3. The van der Waals surface area contributed by atoms with E-state index < -0.39 is 12.1 Å². The van der Waals surface area contributed by atoms with Gasteiger partial charge in [0.2, 0.25) is 5.91 Å². The molecule has 0 radical (unpaired) electrons. The van der Waals surface area contributed by atoms with Gasteiger partial charge in [-0.25, -0.2) is 0 Å². The standard InChI is InChI=1S/C23H18ClN3O3S/c24-15-6-3-13(4-7-15)14-5-8-17-16(12-14)23(30)27-10-9-18(20(27)22(29)25-17)26-21(28)19-2-1-11-31-19/h1-8,11-12,18,20H,9-10H2,(H,25,29)(H,26,28)/t18-,20+/m1/s1. The lowest BCUT2D eigenvalue weighted by molar-refractivity contribution is -0.120. The molecule has 5 rings (SSSR count). The molecule has 2 aromatic carbocycles. The first-order valence-corrected chi connectivity index (χ1v) is 11.1. The maximum absolute atomic E-state index is 13.4. The van der Waals surface area contributed by atoms with Gasteiger partial charge in [-0.2, -0.15) is 0 Å². The second-order valence-corrected chi connectivity index (χ2v) is 8.93. The van der Waals surface area contributed by atoms with Crippen molar-refractivity contribution < 1.29 is 14.4 Å². The molecule has 2 atom stereocenters. The number of anilines is 1. The van der Waals surface area contributed by atoms with Crippen LogP contribution in [0.25, 0.3) is 11.1 Å². The maximum atomic E-state index is 13.4. The first-order valence-electron chi connectivity index (χ1n) is 9.87. The summed E-state index contributed by atoms with van der Waals surface area (Å²) >= 11 is 7.32. The first-order chi connectivity index (χ1) is 15.0. The van der Waals surface area contributed by atoms with E-state index in [0.717, 1.165) is 11.1 Å². The topological polar surface area (TPSA) is 78.5 Å². The number of fused-ring (bicyclic) bond motifs is 2. The van der Waals surface area contributed by atoms with E-state index in [-0.39, 0.29) is 17.7 Å². The molecule has 3 amide bonds. The van der Waals surface area contributed by atoms with Crippen molar-refractivity contribution in [3.05, 3.63) is 75.4 Å². The van der Waals surface area contributed by atoms with Gasteiger partial charge in [0, 0.05) is 11.6 Å². The van der Waals surface area contributed by atoms with Gasteiger partial charge in [-0.15, -0.1) is 11.3 Å². The lowest BCUT2D eigenvalue weighted by Crippen LogP contribution is -2.51. The highest BCUT2D eigenvalue weighted by atomic mass is 35.5. The molecule has 1 fully saturated rings. The zero-order valence-corrected chi connectivity index (χ0v) is 17.9. The minimum atomic E-state index is -0.747. The lowest BCUT2D eigenvalue weighted by atomic mass is 10.0. The minimum Gasteiger partial charge on any atom is -0.346 e. The molecule has 8 heteroatoms. The number of benzene rings is 2. The fraction of sp³-hybridized carbons (Fsp3) is 0.174. The molecule has 2 aliphatic rings. The summed E-state index contributed by atoms with van der Waals surface area (Å²) in [4.78, 5) is 41.0. The van der Waals surface area contributed by atoms with E-state index >= 15 is 0 Å². The van der Waals surface area contributed by atoms with Gasteiger partial charge in [-0.1, -0.05) is 35.9 Å². The molecule has 2 aliphatic heterocycles. The van der Waals surface area contributed by atoms with Crippen molar-refractivity contribution in [3.63, 3.8) is 0 Å². The molecule has 31 heavy (non-hydrogen) atoms. The van der Waals surface area contributed by atoms with Crippen LogP contribution < -0.4 is 10.6 Å². The largest absolute Gasteiger partial charge is 0.346 e. The normalized spacial score (nSPS) is 20.0. The molecule has 6 nitrogen and oxygen atoms in total. The van der Waals surface area contributed by atoms with Crippen LogP contribution in [0.2, 0.25) is 5.02 Å². The second kappa shape index (κ2) is 7.83. The fourth-order valence-electron chi connectivity index (χ4n) is 4.16. The highest BCUT2D eigenvalue weighted by Gasteiger charge is 2.45. The summed E-state index contributed by atoms with van der Waals surface area (Å²) in [6.07, 6.45) is 0.521. The third-order valence-corrected chi connectivity index (χ3v) is 6.79. The molecule has 0 unspecified atom stereocenters. The molecule has 0 saturated carbocycles. The molecule has 2 N–H and O–H groups in total. The predicted molar refractivity (Wildman–Crippen MR) is 121 cm³/mol. The fourth-order valence-corrected chi connectivity index (χ4v) is 4.91. The highest BCUT2D eigenvalue weighted by Crippen LogP contribution is 2.32. The van der Waals surface area contributed by atoms with Crippen LogP contribution in [0, 0.1) is 0 Å². The summed E-state index contributed by atoms with van der Waals surface area (Å²) in [5, 5.41) is 8.27. The van der Waals surface area contributed by atoms with Crippen LogP contribution in [0.15, 0.2) is 60.0 Å². The quantitative estimate of drug-likeness (QED) is 0.631. The zero-order chi connectivity index (χ0) is 21.5. The van der Waals surface area contributed by atoms with Crippen molar-refractivity contribution in [1.29, 1.82) is 0 Å². The Labute approximate surface area is 187 Å². The zero-order valence-electron chi connectivity index (χ0n) is 16.3. The van der Waals surface area contributed by atoms with E-state index in [1.54, 1.807) is 41.3 Å². The Bertz CT molecular complexity index is 1180. The number of carbonyl (C=O) groups is 3. The van der Waals surface area contributed by atoms with Gasteiger partial charge < -0.3 is 15.5 Å². The SMILES string of the molecule is O=C(N[C@@H]1CCN2C(=O)c3cc(-c4ccc(Cl)cc4)ccc3NC(=O)[C@H]12)c1cccs1. The molecular formula is C23H18ClN3O3S. The van der Waals surface area contributed by atoms with Gasteiger partial charge in [0.15, 0.2) is 0 Å². The number of hydrogen-bond donors (Lipinski definition) is 2. The van der Waals surface area contributed by atoms with Crippen molar-refractivity contribution in [2.45, 2.75) is 18.5 Å². The third kappa shape index (κ3) is 3.60. The van der Waals surface area contributed by atoms with Crippen LogP contribution >= 0.6 is 22.9 Å². The Morgan fingerprint density at radius 3 is 2.61 bits per heavy atom. The van der Waals surface area contributed by atoms with Gasteiger partial charge in [-0.3, -0.25) is 14.4 Å². The Kier molecular flexibility index (Phi) is 5.00. The lowest BCUT2D eigenvalue weighted by Gasteiger charge is -2.24. The van der Waals surface area contributed by atoms with Crippen molar-refractivity contribution >= 4 is 46.3 Å². The van der Waals surface area contributed by atoms with Gasteiger partial charge in [0.25, 0.3) is 11.8 Å².